The van der Waals surface area contributed by atoms with Crippen LogP contribution in [0.2, 0.25) is 0 Å². The predicted octanol–water partition coefficient (Wildman–Crippen LogP) is 3.72. The molecule has 8 heteroatoms. The third-order valence-electron chi connectivity index (χ3n) is 4.10. The summed E-state index contributed by atoms with van der Waals surface area (Å²) in [5.74, 6) is -1.84. The molecular weight excluding hydrogens is 524 g/mol. The van der Waals surface area contributed by atoms with Crippen LogP contribution in [0.5, 0.6) is 0 Å². The van der Waals surface area contributed by atoms with Gasteiger partial charge in [-0.3, -0.25) is 4.79 Å². The Morgan fingerprint density at radius 3 is 2.80 bits per heavy atom. The van der Waals surface area contributed by atoms with Gasteiger partial charge in [0.25, 0.3) is 0 Å². The number of hydrogen-bond acceptors (Lipinski definition) is 5. The highest BCUT2D eigenvalue weighted by Gasteiger charge is 2.44. The lowest BCUT2D eigenvalue weighted by atomic mass is 10.0. The molecule has 0 aromatic rings. The van der Waals surface area contributed by atoms with E-state index < -0.39 is 16.7 Å². The Kier molecular flexibility index (Phi) is 7.95. The Morgan fingerprint density at radius 2 is 2.16 bits per heavy atom. The Labute approximate surface area is 172 Å². The second kappa shape index (κ2) is 9.31. The average molecular weight is 545 g/mol. The van der Waals surface area contributed by atoms with Crippen molar-refractivity contribution in [2.45, 2.75) is 66.5 Å². The standard InChI is InChI=1S/C17H21Br3O5/c1-10-16(20)14(24-11(2)21)9-15(19)17(22)6-5-13(25-17)8-12(23-10)4-3-7-18/h4-7,10,12-16,22H,8-9H2,1-2H3/t3?,10-,12+,13+,14+,15-,16-,17-/m0/s1. The molecule has 5 nitrogen and oxygen atoms in total. The van der Waals surface area contributed by atoms with Crippen LogP contribution in [0.15, 0.2) is 28.9 Å². The summed E-state index contributed by atoms with van der Waals surface area (Å²) < 4.78 is 17.4. The van der Waals surface area contributed by atoms with Crippen LogP contribution in [-0.2, 0) is 19.0 Å². The molecule has 7 atom stereocenters. The van der Waals surface area contributed by atoms with Gasteiger partial charge in [0.15, 0.2) is 5.79 Å². The number of carbonyl (C=O) groups excluding carboxylic acids is 1. The normalized spacial score (nSPS) is 41.4. The topological polar surface area (TPSA) is 65.0 Å². The van der Waals surface area contributed by atoms with Crippen LogP contribution >= 0.6 is 47.8 Å². The Morgan fingerprint density at radius 1 is 1.44 bits per heavy atom. The Bertz CT molecular complexity index is 575. The number of ether oxygens (including phenoxy) is 3. The van der Waals surface area contributed by atoms with Crippen LogP contribution < -0.4 is 0 Å². The molecule has 0 amide bonds. The number of fused-ring (bicyclic) bond motifs is 2. The van der Waals surface area contributed by atoms with E-state index >= 15 is 0 Å². The van der Waals surface area contributed by atoms with Gasteiger partial charge in [-0.2, -0.15) is 0 Å². The molecule has 140 valence electrons. The summed E-state index contributed by atoms with van der Waals surface area (Å²) in [6.45, 7) is 3.28. The van der Waals surface area contributed by atoms with Crippen molar-refractivity contribution in [3.63, 3.8) is 0 Å². The minimum atomic E-state index is -1.46. The summed E-state index contributed by atoms with van der Waals surface area (Å²) in [6.07, 6.45) is 4.87. The van der Waals surface area contributed by atoms with Gasteiger partial charge >= 0.3 is 5.97 Å². The van der Waals surface area contributed by atoms with Gasteiger partial charge in [-0.25, -0.2) is 0 Å². The van der Waals surface area contributed by atoms with Gasteiger partial charge in [0.2, 0.25) is 0 Å². The van der Waals surface area contributed by atoms with Gasteiger partial charge < -0.3 is 19.3 Å². The molecule has 1 fully saturated rings. The van der Waals surface area contributed by atoms with Crippen molar-refractivity contribution in [2.24, 2.45) is 0 Å². The van der Waals surface area contributed by atoms with Gasteiger partial charge in [-0.05, 0) is 19.1 Å². The van der Waals surface area contributed by atoms with Crippen molar-refractivity contribution in [2.75, 3.05) is 0 Å². The molecule has 25 heavy (non-hydrogen) atoms. The first-order valence-electron chi connectivity index (χ1n) is 7.97. The smallest absolute Gasteiger partial charge is 0.302 e. The molecule has 1 N–H and O–H groups in total. The first-order valence-corrected chi connectivity index (χ1v) is 10.7. The van der Waals surface area contributed by atoms with E-state index in [0.29, 0.717) is 12.8 Å². The summed E-state index contributed by atoms with van der Waals surface area (Å²) >= 11 is 10.3. The van der Waals surface area contributed by atoms with Crippen LogP contribution in [0.3, 0.4) is 0 Å². The maximum Gasteiger partial charge on any atom is 0.302 e. The molecule has 1 saturated heterocycles. The Hall–Kier alpha value is 0.0500. The quantitative estimate of drug-likeness (QED) is 0.248. The molecule has 0 aromatic heterocycles. The molecule has 2 bridgehead atoms. The van der Waals surface area contributed by atoms with E-state index in [1.54, 1.807) is 17.1 Å². The van der Waals surface area contributed by atoms with Crippen molar-refractivity contribution in [1.82, 2.24) is 0 Å². The molecular formula is C17H21Br3O5. The minimum absolute atomic E-state index is 0.238. The average Bonchev–Trinajstić information content (AvgIpc) is 2.92. The molecule has 2 aliphatic heterocycles. The van der Waals surface area contributed by atoms with E-state index in [1.165, 1.54) is 6.92 Å². The summed E-state index contributed by atoms with van der Waals surface area (Å²) in [5.41, 5.74) is 2.96. The van der Waals surface area contributed by atoms with Crippen molar-refractivity contribution in [3.05, 3.63) is 28.9 Å². The highest BCUT2D eigenvalue weighted by Crippen LogP contribution is 2.36. The zero-order valence-corrected chi connectivity index (χ0v) is 18.7. The van der Waals surface area contributed by atoms with Crippen molar-refractivity contribution < 1.29 is 24.1 Å². The third-order valence-corrected chi connectivity index (χ3v) is 6.73. The van der Waals surface area contributed by atoms with E-state index in [4.69, 9.17) is 14.2 Å². The number of esters is 1. The van der Waals surface area contributed by atoms with Crippen LogP contribution in [-0.4, -0.2) is 50.9 Å². The van der Waals surface area contributed by atoms with E-state index in [1.807, 2.05) is 13.0 Å². The molecule has 2 rings (SSSR count). The second-order valence-corrected chi connectivity index (χ2v) is 8.74. The summed E-state index contributed by atoms with van der Waals surface area (Å²) in [6, 6.07) is 0. The van der Waals surface area contributed by atoms with Gasteiger partial charge in [0, 0.05) is 24.8 Å². The largest absolute Gasteiger partial charge is 0.461 e. The molecule has 0 saturated carbocycles. The molecule has 2 heterocycles. The number of hydrogen-bond donors (Lipinski definition) is 1. The minimum Gasteiger partial charge on any atom is -0.461 e. The molecule has 2 aliphatic rings. The van der Waals surface area contributed by atoms with Crippen LogP contribution in [0, 0.1) is 0 Å². The number of rotatable bonds is 2. The van der Waals surface area contributed by atoms with Gasteiger partial charge in [0.1, 0.15) is 6.10 Å². The first-order chi connectivity index (χ1) is 11.7. The number of halogens is 3. The maximum absolute atomic E-state index is 11.5. The molecule has 0 spiro atoms. The summed E-state index contributed by atoms with van der Waals surface area (Å²) in [7, 11) is 0. The van der Waals surface area contributed by atoms with Gasteiger partial charge in [-0.1, -0.05) is 53.9 Å². The molecule has 0 unspecified atom stereocenters. The lowest BCUT2D eigenvalue weighted by Crippen LogP contribution is -2.44. The monoisotopic (exact) mass is 542 g/mol. The summed E-state index contributed by atoms with van der Waals surface area (Å²) in [4.78, 5) is 12.4. The molecule has 0 aromatic carbocycles. The number of alkyl halides is 2. The zero-order valence-electron chi connectivity index (χ0n) is 13.9. The fourth-order valence-electron chi connectivity index (χ4n) is 2.89. The molecule has 0 aliphatic carbocycles. The lowest BCUT2D eigenvalue weighted by molar-refractivity contribution is -0.178. The van der Waals surface area contributed by atoms with Crippen LogP contribution in [0.1, 0.15) is 26.7 Å². The fraction of sp³-hybridized carbons (Fsp3) is 0.647. The summed E-state index contributed by atoms with van der Waals surface area (Å²) in [5, 5.41) is 10.8. The van der Waals surface area contributed by atoms with Crippen molar-refractivity contribution in [1.29, 1.82) is 0 Å². The lowest BCUT2D eigenvalue weighted by Gasteiger charge is -2.32. The fourth-order valence-corrected chi connectivity index (χ4v) is 4.12. The highest BCUT2D eigenvalue weighted by atomic mass is 79.9. The predicted molar refractivity (Wildman–Crippen MR) is 105 cm³/mol. The van der Waals surface area contributed by atoms with E-state index in [-0.39, 0.29) is 29.1 Å². The van der Waals surface area contributed by atoms with E-state index in [0.717, 1.165) is 0 Å². The maximum atomic E-state index is 11.5. The first kappa shape index (κ1) is 21.4. The highest BCUT2D eigenvalue weighted by molar-refractivity contribution is 9.11. The van der Waals surface area contributed by atoms with Crippen molar-refractivity contribution in [3.8, 4) is 0 Å². The number of carbonyl (C=O) groups is 1. The van der Waals surface area contributed by atoms with Crippen LogP contribution in [0.25, 0.3) is 0 Å². The van der Waals surface area contributed by atoms with Crippen LogP contribution in [0.4, 0.5) is 0 Å². The van der Waals surface area contributed by atoms with Gasteiger partial charge in [0.05, 0.1) is 28.0 Å². The number of aliphatic hydroxyl groups is 1. The SMILES string of the molecule is CC(=O)O[C@@H]1C[C@H](Br)[C@]2(O)C=C[C@H](C[C@@H](C=C=CBr)O[C@@H](C)[C@@H]1Br)O2. The second-order valence-electron chi connectivity index (χ2n) is 6.12. The zero-order chi connectivity index (χ0) is 18.6. The van der Waals surface area contributed by atoms with E-state index in [9.17, 15) is 9.90 Å². The van der Waals surface area contributed by atoms with E-state index in [2.05, 4.69) is 53.5 Å². The third kappa shape index (κ3) is 5.76. The van der Waals surface area contributed by atoms with Gasteiger partial charge in [-0.15, -0.1) is 5.73 Å². The molecule has 0 radical (unpaired) electrons. The Balaban J connectivity index is 2.31. The van der Waals surface area contributed by atoms with Crippen molar-refractivity contribution >= 4 is 53.8 Å².